The monoisotopic (exact) mass is 463 g/mol. The molecule has 3 aromatic rings. The number of alkyl halides is 2. The Morgan fingerprint density at radius 3 is 2.27 bits per heavy atom. The average molecular weight is 463 g/mol. The molecular formula is C18H14F5N3O2S2. The second kappa shape index (κ2) is 8.56. The first-order chi connectivity index (χ1) is 14.1. The number of nitrogens with zero attached hydrogens (tertiary/aromatic N) is 1. The molecule has 0 bridgehead atoms. The number of thiazole rings is 1. The van der Waals surface area contributed by atoms with Gasteiger partial charge in [0.1, 0.15) is 17.5 Å². The van der Waals surface area contributed by atoms with Gasteiger partial charge < -0.3 is 5.32 Å². The Labute approximate surface area is 172 Å². The second-order valence-electron chi connectivity index (χ2n) is 6.20. The molecule has 160 valence electrons. The Morgan fingerprint density at radius 2 is 1.70 bits per heavy atom. The molecule has 0 unspecified atom stereocenters. The van der Waals surface area contributed by atoms with Crippen molar-refractivity contribution in [2.45, 2.75) is 24.3 Å². The summed E-state index contributed by atoms with van der Waals surface area (Å²) in [5.74, 6) is -3.67. The summed E-state index contributed by atoms with van der Waals surface area (Å²) in [5.41, 5.74) is 0.579. The molecule has 2 N–H and O–H groups in total. The van der Waals surface area contributed by atoms with Crippen LogP contribution in [0.3, 0.4) is 0 Å². The molecule has 0 fully saturated rings. The minimum atomic E-state index is -4.59. The first-order valence-electron chi connectivity index (χ1n) is 8.32. The van der Waals surface area contributed by atoms with Crippen molar-refractivity contribution in [2.24, 2.45) is 0 Å². The number of rotatable bonds is 7. The number of nitrogens with one attached hydrogen (secondary N) is 2. The fourth-order valence-electron chi connectivity index (χ4n) is 2.71. The molecule has 0 spiro atoms. The normalized spacial score (nSPS) is 12.8. The summed E-state index contributed by atoms with van der Waals surface area (Å²) in [4.78, 5) is 2.48. The number of sulfonamides is 1. The van der Waals surface area contributed by atoms with Gasteiger partial charge in [0.15, 0.2) is 10.7 Å². The molecule has 0 amide bonds. The van der Waals surface area contributed by atoms with Crippen LogP contribution in [0.15, 0.2) is 46.1 Å². The highest BCUT2D eigenvalue weighted by Crippen LogP contribution is 2.30. The van der Waals surface area contributed by atoms with Crippen LogP contribution < -0.4 is 10.0 Å². The third-order valence-corrected chi connectivity index (χ3v) is 6.05. The molecule has 1 heterocycles. The summed E-state index contributed by atoms with van der Waals surface area (Å²) in [6.07, 6.45) is -2.82. The Balaban J connectivity index is 1.88. The van der Waals surface area contributed by atoms with E-state index in [0.717, 1.165) is 29.5 Å². The fraction of sp³-hybridized carbons (Fsp3) is 0.167. The Morgan fingerprint density at radius 1 is 1.03 bits per heavy atom. The van der Waals surface area contributed by atoms with Gasteiger partial charge >= 0.3 is 0 Å². The average Bonchev–Trinajstić information content (AvgIpc) is 3.13. The number of hydrogen-bond donors (Lipinski definition) is 2. The number of aromatic nitrogens is 1. The van der Waals surface area contributed by atoms with E-state index < -0.39 is 50.4 Å². The van der Waals surface area contributed by atoms with E-state index >= 15 is 0 Å². The van der Waals surface area contributed by atoms with Crippen LogP contribution in [0, 0.1) is 17.5 Å². The third kappa shape index (κ3) is 4.70. The molecule has 2 aromatic carbocycles. The van der Waals surface area contributed by atoms with E-state index in [1.807, 2.05) is 4.72 Å². The SMILES string of the molecule is C[C@H](Nc1cc(F)c(S(=O)(=O)Nc2cscn2)c(F)c1)c1cc(C(F)F)ccc1F. The predicted octanol–water partition coefficient (Wildman–Crippen LogP) is 5.47. The molecule has 1 aromatic heterocycles. The van der Waals surface area contributed by atoms with Crippen LogP contribution in [-0.2, 0) is 10.0 Å². The van der Waals surface area contributed by atoms with Crippen molar-refractivity contribution < 1.29 is 30.4 Å². The van der Waals surface area contributed by atoms with E-state index in [4.69, 9.17) is 0 Å². The van der Waals surface area contributed by atoms with Crippen LogP contribution >= 0.6 is 11.3 Å². The van der Waals surface area contributed by atoms with Gasteiger partial charge in [0.25, 0.3) is 16.4 Å². The Bertz CT molecular complexity index is 1130. The molecular weight excluding hydrogens is 449 g/mol. The molecule has 0 saturated carbocycles. The van der Waals surface area contributed by atoms with Gasteiger partial charge in [-0.2, -0.15) is 0 Å². The van der Waals surface area contributed by atoms with Crippen LogP contribution in [0.25, 0.3) is 0 Å². The largest absolute Gasteiger partial charge is 0.378 e. The predicted molar refractivity (Wildman–Crippen MR) is 103 cm³/mol. The zero-order valence-corrected chi connectivity index (χ0v) is 16.8. The van der Waals surface area contributed by atoms with Gasteiger partial charge in [-0.3, -0.25) is 4.72 Å². The van der Waals surface area contributed by atoms with Crippen LogP contribution in [0.2, 0.25) is 0 Å². The summed E-state index contributed by atoms with van der Waals surface area (Å²) >= 11 is 1.08. The molecule has 1 atom stereocenters. The maximum atomic E-state index is 14.4. The number of halogens is 5. The molecule has 5 nitrogen and oxygen atoms in total. The van der Waals surface area contributed by atoms with E-state index in [1.165, 1.54) is 17.8 Å². The third-order valence-electron chi connectivity index (χ3n) is 4.06. The molecule has 0 aliphatic carbocycles. The lowest BCUT2D eigenvalue weighted by atomic mass is 10.0. The van der Waals surface area contributed by atoms with E-state index in [1.54, 1.807) is 0 Å². The summed E-state index contributed by atoms with van der Waals surface area (Å²) in [6.45, 7) is 1.40. The van der Waals surface area contributed by atoms with E-state index in [-0.39, 0.29) is 17.1 Å². The number of hydrogen-bond acceptors (Lipinski definition) is 5. The molecule has 0 aliphatic rings. The maximum absolute atomic E-state index is 14.4. The van der Waals surface area contributed by atoms with Crippen LogP contribution in [-0.4, -0.2) is 13.4 Å². The van der Waals surface area contributed by atoms with Crippen molar-refractivity contribution in [3.8, 4) is 0 Å². The second-order valence-corrected chi connectivity index (χ2v) is 8.53. The van der Waals surface area contributed by atoms with E-state index in [9.17, 15) is 30.4 Å². The van der Waals surface area contributed by atoms with Gasteiger partial charge in [-0.05, 0) is 31.2 Å². The zero-order valence-electron chi connectivity index (χ0n) is 15.2. The van der Waals surface area contributed by atoms with Crippen molar-refractivity contribution >= 4 is 32.9 Å². The Kier molecular flexibility index (Phi) is 6.27. The van der Waals surface area contributed by atoms with Gasteiger partial charge in [0, 0.05) is 22.2 Å². The minimum Gasteiger partial charge on any atom is -0.378 e. The topological polar surface area (TPSA) is 71.1 Å². The van der Waals surface area contributed by atoms with Crippen LogP contribution in [0.5, 0.6) is 0 Å². The van der Waals surface area contributed by atoms with Crippen LogP contribution in [0.1, 0.15) is 30.5 Å². The van der Waals surface area contributed by atoms with E-state index in [0.29, 0.717) is 12.1 Å². The lowest BCUT2D eigenvalue weighted by Gasteiger charge is -2.18. The Hall–Kier alpha value is -2.73. The van der Waals surface area contributed by atoms with Gasteiger partial charge in [0.2, 0.25) is 0 Å². The van der Waals surface area contributed by atoms with Crippen molar-refractivity contribution in [3.05, 3.63) is 69.8 Å². The van der Waals surface area contributed by atoms with Crippen molar-refractivity contribution in [2.75, 3.05) is 10.0 Å². The van der Waals surface area contributed by atoms with Gasteiger partial charge in [0.05, 0.1) is 11.6 Å². The summed E-state index contributed by atoms with van der Waals surface area (Å²) < 4.78 is 95.1. The smallest absolute Gasteiger partial charge is 0.268 e. The fourth-order valence-corrected chi connectivity index (χ4v) is 4.39. The first kappa shape index (κ1) is 22.0. The number of benzene rings is 2. The molecule has 30 heavy (non-hydrogen) atoms. The standard InChI is InChI=1S/C18H14F5N3O2S2/c1-9(12-4-10(18(22)23)2-3-13(12)19)25-11-5-14(20)17(15(21)6-11)30(27,28)26-16-7-29-8-24-16/h2-9,18,25-26H,1H3/t9-/m0/s1. The highest BCUT2D eigenvalue weighted by atomic mass is 32.2. The summed E-state index contributed by atoms with van der Waals surface area (Å²) in [5, 5.41) is 3.92. The molecule has 3 rings (SSSR count). The maximum Gasteiger partial charge on any atom is 0.268 e. The molecule has 0 aliphatic heterocycles. The summed E-state index contributed by atoms with van der Waals surface area (Å²) in [7, 11) is -4.59. The minimum absolute atomic E-state index is 0.0935. The van der Waals surface area contributed by atoms with Crippen molar-refractivity contribution in [1.29, 1.82) is 0 Å². The van der Waals surface area contributed by atoms with Gasteiger partial charge in [-0.25, -0.2) is 35.4 Å². The molecule has 0 saturated heterocycles. The highest BCUT2D eigenvalue weighted by molar-refractivity contribution is 7.92. The van der Waals surface area contributed by atoms with Crippen molar-refractivity contribution in [3.63, 3.8) is 0 Å². The molecule has 0 radical (unpaired) electrons. The number of anilines is 2. The molecule has 12 heteroatoms. The van der Waals surface area contributed by atoms with E-state index in [2.05, 4.69) is 10.3 Å². The lowest BCUT2D eigenvalue weighted by molar-refractivity contribution is 0.151. The van der Waals surface area contributed by atoms with Gasteiger partial charge in [-0.1, -0.05) is 6.07 Å². The lowest BCUT2D eigenvalue weighted by Crippen LogP contribution is -2.17. The van der Waals surface area contributed by atoms with Gasteiger partial charge in [-0.15, -0.1) is 11.3 Å². The zero-order chi connectivity index (χ0) is 22.1. The van der Waals surface area contributed by atoms with Crippen LogP contribution in [0.4, 0.5) is 33.5 Å². The summed E-state index contributed by atoms with van der Waals surface area (Å²) in [6, 6.07) is 3.23. The first-order valence-corrected chi connectivity index (χ1v) is 10.7. The quantitative estimate of drug-likeness (QED) is 0.456. The van der Waals surface area contributed by atoms with Crippen molar-refractivity contribution in [1.82, 2.24) is 4.98 Å². The highest BCUT2D eigenvalue weighted by Gasteiger charge is 2.26.